The van der Waals surface area contributed by atoms with E-state index in [1.54, 1.807) is 18.5 Å². The number of nitrogens with zero attached hydrogens (tertiary/aromatic N) is 1. The Morgan fingerprint density at radius 2 is 2.13 bits per heavy atom. The number of carboxylic acid groups (broad SMARTS) is 1. The third kappa shape index (κ3) is 5.94. The maximum Gasteiger partial charge on any atom is 0.305 e. The summed E-state index contributed by atoms with van der Waals surface area (Å²) < 4.78 is 0.797. The van der Waals surface area contributed by atoms with Crippen LogP contribution in [0.3, 0.4) is 0 Å². The Bertz CT molecular complexity index is 325. The van der Waals surface area contributed by atoms with Crippen molar-refractivity contribution in [3.63, 3.8) is 0 Å². The van der Waals surface area contributed by atoms with Crippen molar-refractivity contribution >= 4 is 46.7 Å². The molecule has 3 N–H and O–H groups in total. The molecule has 86 valence electrons. The first kappa shape index (κ1) is 17.0. The lowest BCUT2D eigenvalue weighted by Gasteiger charge is -2.08. The largest absolute Gasteiger partial charge is 0.481 e. The molecule has 1 heterocycles. The fourth-order valence-corrected chi connectivity index (χ4v) is 1.32. The molecule has 0 saturated heterocycles. The lowest BCUT2D eigenvalue weighted by Crippen LogP contribution is -2.15. The Labute approximate surface area is 108 Å². The summed E-state index contributed by atoms with van der Waals surface area (Å²) in [5, 5.41) is 8.50. The zero-order chi connectivity index (χ0) is 9.84. The molecule has 0 aliphatic rings. The summed E-state index contributed by atoms with van der Waals surface area (Å²) in [7, 11) is 0. The highest BCUT2D eigenvalue weighted by Gasteiger charge is 2.10. The van der Waals surface area contributed by atoms with Gasteiger partial charge in [0, 0.05) is 22.9 Å². The Hall–Kier alpha value is -0.360. The Morgan fingerprint density at radius 1 is 1.53 bits per heavy atom. The molecule has 0 aromatic carbocycles. The SMILES string of the molecule is Cl.Cl.N[C@@H](CC(=O)O)c1cncc(Br)c1. The van der Waals surface area contributed by atoms with Crippen molar-refractivity contribution in [2.75, 3.05) is 0 Å². The molecule has 0 unspecified atom stereocenters. The van der Waals surface area contributed by atoms with E-state index >= 15 is 0 Å². The molecule has 1 atom stereocenters. The topological polar surface area (TPSA) is 76.2 Å². The molecule has 1 aromatic rings. The van der Waals surface area contributed by atoms with Crippen LogP contribution in [0.15, 0.2) is 22.9 Å². The molecule has 1 rings (SSSR count). The number of carbonyl (C=O) groups is 1. The van der Waals surface area contributed by atoms with Gasteiger partial charge < -0.3 is 10.8 Å². The summed E-state index contributed by atoms with van der Waals surface area (Å²) in [5.41, 5.74) is 6.34. The van der Waals surface area contributed by atoms with Crippen molar-refractivity contribution in [2.24, 2.45) is 5.73 Å². The average Bonchev–Trinajstić information content (AvgIpc) is 2.03. The van der Waals surface area contributed by atoms with Gasteiger partial charge in [-0.25, -0.2) is 0 Å². The quantitative estimate of drug-likeness (QED) is 0.895. The lowest BCUT2D eigenvalue weighted by atomic mass is 10.1. The number of aromatic nitrogens is 1. The van der Waals surface area contributed by atoms with Gasteiger partial charge in [-0.05, 0) is 27.6 Å². The number of pyridine rings is 1. The molecule has 0 aliphatic heterocycles. The molecule has 0 spiro atoms. The molecule has 4 nitrogen and oxygen atoms in total. The summed E-state index contributed by atoms with van der Waals surface area (Å²) in [6.07, 6.45) is 3.10. The Balaban J connectivity index is 0. The van der Waals surface area contributed by atoms with Crippen LogP contribution >= 0.6 is 40.7 Å². The first-order valence-corrected chi connectivity index (χ1v) is 4.46. The third-order valence-electron chi connectivity index (χ3n) is 1.55. The second-order valence-electron chi connectivity index (χ2n) is 2.64. The minimum atomic E-state index is -0.910. The summed E-state index contributed by atoms with van der Waals surface area (Å²) in [4.78, 5) is 14.2. The van der Waals surface area contributed by atoms with E-state index in [1.165, 1.54) is 0 Å². The van der Waals surface area contributed by atoms with Crippen LogP contribution in [0.1, 0.15) is 18.0 Å². The summed E-state index contributed by atoms with van der Waals surface area (Å²) in [6.45, 7) is 0. The van der Waals surface area contributed by atoms with Gasteiger partial charge in [0.1, 0.15) is 0 Å². The van der Waals surface area contributed by atoms with Crippen LogP contribution < -0.4 is 5.73 Å². The monoisotopic (exact) mass is 316 g/mol. The third-order valence-corrected chi connectivity index (χ3v) is 1.98. The van der Waals surface area contributed by atoms with E-state index in [2.05, 4.69) is 20.9 Å². The van der Waals surface area contributed by atoms with E-state index in [1.807, 2.05) is 0 Å². The molecule has 0 saturated carbocycles. The first-order valence-electron chi connectivity index (χ1n) is 3.67. The fraction of sp³-hybridized carbons (Fsp3) is 0.250. The van der Waals surface area contributed by atoms with Crippen LogP contribution in [0, 0.1) is 0 Å². The van der Waals surface area contributed by atoms with Gasteiger partial charge in [-0.1, -0.05) is 0 Å². The van der Waals surface area contributed by atoms with Crippen LogP contribution in [0.2, 0.25) is 0 Å². The van der Waals surface area contributed by atoms with E-state index in [0.717, 1.165) is 10.0 Å². The van der Waals surface area contributed by atoms with E-state index in [0.29, 0.717) is 0 Å². The zero-order valence-electron chi connectivity index (χ0n) is 7.59. The second kappa shape index (κ2) is 7.87. The zero-order valence-corrected chi connectivity index (χ0v) is 10.8. The molecular weight excluding hydrogens is 307 g/mol. The average molecular weight is 318 g/mol. The number of aliphatic carboxylic acids is 1. The van der Waals surface area contributed by atoms with E-state index in [-0.39, 0.29) is 31.2 Å². The minimum absolute atomic E-state index is 0. The van der Waals surface area contributed by atoms with Gasteiger partial charge in [-0.2, -0.15) is 0 Å². The Kier molecular flexibility index (Phi) is 8.95. The smallest absolute Gasteiger partial charge is 0.305 e. The summed E-state index contributed by atoms with van der Waals surface area (Å²) in [6, 6.07) is 1.27. The van der Waals surface area contributed by atoms with Gasteiger partial charge in [0.05, 0.1) is 6.42 Å². The Morgan fingerprint density at radius 3 is 2.60 bits per heavy atom. The van der Waals surface area contributed by atoms with Gasteiger partial charge in [0.25, 0.3) is 0 Å². The fourth-order valence-electron chi connectivity index (χ4n) is 0.937. The van der Waals surface area contributed by atoms with Crippen molar-refractivity contribution in [3.05, 3.63) is 28.5 Å². The molecular formula is C8H11BrCl2N2O2. The van der Waals surface area contributed by atoms with Crippen molar-refractivity contribution in [3.8, 4) is 0 Å². The minimum Gasteiger partial charge on any atom is -0.481 e. The molecule has 0 fully saturated rings. The number of hydrogen-bond acceptors (Lipinski definition) is 3. The maximum absolute atomic E-state index is 10.4. The van der Waals surface area contributed by atoms with E-state index in [4.69, 9.17) is 10.8 Å². The molecule has 0 aliphatic carbocycles. The van der Waals surface area contributed by atoms with Crippen molar-refractivity contribution in [1.82, 2.24) is 4.98 Å². The molecule has 0 bridgehead atoms. The molecule has 0 amide bonds. The van der Waals surface area contributed by atoms with Crippen LogP contribution in [0.4, 0.5) is 0 Å². The highest BCUT2D eigenvalue weighted by molar-refractivity contribution is 9.10. The van der Waals surface area contributed by atoms with Gasteiger partial charge >= 0.3 is 5.97 Å². The molecule has 15 heavy (non-hydrogen) atoms. The van der Waals surface area contributed by atoms with Crippen molar-refractivity contribution in [1.29, 1.82) is 0 Å². The highest BCUT2D eigenvalue weighted by atomic mass is 79.9. The molecule has 0 radical (unpaired) electrons. The molecule has 7 heteroatoms. The van der Waals surface area contributed by atoms with Crippen LogP contribution in [0.25, 0.3) is 0 Å². The predicted octanol–water partition coefficient (Wildman–Crippen LogP) is 2.16. The first-order chi connectivity index (χ1) is 6.09. The van der Waals surface area contributed by atoms with Gasteiger partial charge in [0.15, 0.2) is 0 Å². The summed E-state index contributed by atoms with van der Waals surface area (Å²) >= 11 is 3.23. The van der Waals surface area contributed by atoms with E-state index < -0.39 is 12.0 Å². The molecule has 1 aromatic heterocycles. The number of rotatable bonds is 3. The van der Waals surface area contributed by atoms with Gasteiger partial charge in [-0.3, -0.25) is 9.78 Å². The number of carboxylic acids is 1. The second-order valence-corrected chi connectivity index (χ2v) is 3.56. The number of halogens is 3. The van der Waals surface area contributed by atoms with Gasteiger partial charge in [0.2, 0.25) is 0 Å². The summed E-state index contributed by atoms with van der Waals surface area (Å²) in [5.74, 6) is -0.910. The lowest BCUT2D eigenvalue weighted by molar-refractivity contribution is -0.137. The number of hydrogen-bond donors (Lipinski definition) is 2. The standard InChI is InChI=1S/C8H9BrN2O2.2ClH/c9-6-1-5(3-11-4-6)7(10)2-8(12)13;;/h1,3-4,7H,2,10H2,(H,12,13);2*1H/t7-;;/m0../s1. The van der Waals surface area contributed by atoms with Crippen molar-refractivity contribution < 1.29 is 9.90 Å². The highest BCUT2D eigenvalue weighted by Crippen LogP contribution is 2.16. The van der Waals surface area contributed by atoms with Crippen molar-refractivity contribution in [2.45, 2.75) is 12.5 Å². The van der Waals surface area contributed by atoms with Crippen LogP contribution in [-0.2, 0) is 4.79 Å². The van der Waals surface area contributed by atoms with Gasteiger partial charge in [-0.15, -0.1) is 24.8 Å². The number of nitrogens with two attached hydrogens (primary N) is 1. The van der Waals surface area contributed by atoms with Crippen LogP contribution in [-0.4, -0.2) is 16.1 Å². The van der Waals surface area contributed by atoms with Crippen LogP contribution in [0.5, 0.6) is 0 Å². The maximum atomic E-state index is 10.4. The normalized spacial score (nSPS) is 10.8. The van der Waals surface area contributed by atoms with E-state index in [9.17, 15) is 4.79 Å². The predicted molar refractivity (Wildman–Crippen MR) is 65.6 cm³/mol.